The summed E-state index contributed by atoms with van der Waals surface area (Å²) in [6.45, 7) is 8.59. The number of carbonyl (C=O) groups is 2. The Morgan fingerprint density at radius 3 is 2.59 bits per heavy atom. The number of likely N-dealkylation sites (tertiary alicyclic amines) is 1. The lowest BCUT2D eigenvalue weighted by molar-refractivity contribution is 0.0749. The van der Waals surface area contributed by atoms with Gasteiger partial charge in [0.15, 0.2) is 0 Å². The van der Waals surface area contributed by atoms with Gasteiger partial charge in [-0.1, -0.05) is 30.3 Å². The van der Waals surface area contributed by atoms with Crippen molar-refractivity contribution in [3.63, 3.8) is 0 Å². The first-order valence-electron chi connectivity index (χ1n) is 11.3. The summed E-state index contributed by atoms with van der Waals surface area (Å²) in [5.41, 5.74) is 0.320. The SMILES string of the molecule is CCN(Cc1ccccc1)C(=O)c1cn2c(nc1=O)C1(CCN(C(=O)NC(C)C)C1)CC2. The van der Waals surface area contributed by atoms with Crippen LogP contribution in [0.1, 0.15) is 55.4 Å². The van der Waals surface area contributed by atoms with Crippen LogP contribution in [0.15, 0.2) is 41.3 Å². The number of fused-ring (bicyclic) bond motifs is 2. The van der Waals surface area contributed by atoms with Crippen molar-refractivity contribution in [2.24, 2.45) is 0 Å². The molecule has 32 heavy (non-hydrogen) atoms. The van der Waals surface area contributed by atoms with Gasteiger partial charge in [-0.25, -0.2) is 4.79 Å². The molecule has 0 saturated carbocycles. The highest BCUT2D eigenvalue weighted by Crippen LogP contribution is 2.41. The summed E-state index contributed by atoms with van der Waals surface area (Å²) in [5, 5.41) is 2.94. The van der Waals surface area contributed by atoms with Crippen molar-refractivity contribution < 1.29 is 9.59 Å². The lowest BCUT2D eigenvalue weighted by atomic mass is 9.85. The minimum atomic E-state index is -0.487. The number of hydrogen-bond acceptors (Lipinski definition) is 4. The van der Waals surface area contributed by atoms with E-state index in [-0.39, 0.29) is 29.0 Å². The molecule has 1 spiro atoms. The molecule has 1 atom stereocenters. The number of carbonyl (C=O) groups excluding carboxylic acids is 2. The average Bonchev–Trinajstić information content (AvgIpc) is 3.36. The van der Waals surface area contributed by atoms with Gasteiger partial charge in [-0.05, 0) is 39.2 Å². The molecule has 2 aliphatic rings. The average molecular weight is 438 g/mol. The summed E-state index contributed by atoms with van der Waals surface area (Å²) in [6.07, 6.45) is 3.25. The molecule has 8 heteroatoms. The van der Waals surface area contributed by atoms with Crippen molar-refractivity contribution in [3.05, 3.63) is 63.8 Å². The van der Waals surface area contributed by atoms with Gasteiger partial charge >= 0.3 is 6.03 Å². The molecule has 1 unspecified atom stereocenters. The van der Waals surface area contributed by atoms with Crippen molar-refractivity contribution in [3.8, 4) is 0 Å². The Hall–Kier alpha value is -3.16. The zero-order valence-corrected chi connectivity index (χ0v) is 19.0. The maximum Gasteiger partial charge on any atom is 0.317 e. The molecule has 0 bridgehead atoms. The van der Waals surface area contributed by atoms with Crippen LogP contribution in [0.25, 0.3) is 0 Å². The van der Waals surface area contributed by atoms with Crippen LogP contribution in [0.5, 0.6) is 0 Å². The highest BCUT2D eigenvalue weighted by Gasteiger charge is 2.47. The molecule has 1 N–H and O–H groups in total. The number of nitrogens with one attached hydrogen (secondary N) is 1. The first kappa shape index (κ1) is 22.0. The van der Waals surface area contributed by atoms with E-state index in [2.05, 4.69) is 10.3 Å². The summed E-state index contributed by atoms with van der Waals surface area (Å²) in [5.74, 6) is 0.402. The van der Waals surface area contributed by atoms with Gasteiger partial charge < -0.3 is 19.7 Å². The van der Waals surface area contributed by atoms with Crippen molar-refractivity contribution in [1.29, 1.82) is 0 Å². The third kappa shape index (κ3) is 4.13. The van der Waals surface area contributed by atoms with Crippen LogP contribution in [0.3, 0.4) is 0 Å². The zero-order valence-electron chi connectivity index (χ0n) is 19.0. The van der Waals surface area contributed by atoms with E-state index in [1.165, 1.54) is 0 Å². The lowest BCUT2D eigenvalue weighted by Crippen LogP contribution is -2.43. The number of benzene rings is 1. The monoisotopic (exact) mass is 437 g/mol. The third-order valence-corrected chi connectivity index (χ3v) is 6.47. The first-order valence-corrected chi connectivity index (χ1v) is 11.3. The normalized spacial score (nSPS) is 19.4. The Morgan fingerprint density at radius 1 is 1.19 bits per heavy atom. The van der Waals surface area contributed by atoms with Crippen LogP contribution >= 0.6 is 0 Å². The Bertz CT molecular complexity index is 1070. The van der Waals surface area contributed by atoms with Crippen molar-refractivity contribution in [2.45, 2.75) is 58.2 Å². The minimum Gasteiger partial charge on any atom is -0.336 e. The van der Waals surface area contributed by atoms with E-state index >= 15 is 0 Å². The number of nitrogens with zero attached hydrogens (tertiary/aromatic N) is 4. The molecule has 0 aliphatic carbocycles. The lowest BCUT2D eigenvalue weighted by Gasteiger charge is -2.24. The molecule has 1 aromatic heterocycles. The Morgan fingerprint density at radius 2 is 1.91 bits per heavy atom. The topological polar surface area (TPSA) is 87.5 Å². The molecule has 170 valence electrons. The van der Waals surface area contributed by atoms with E-state index in [0.29, 0.717) is 38.5 Å². The second kappa shape index (κ2) is 8.76. The second-order valence-corrected chi connectivity index (χ2v) is 9.09. The number of amides is 3. The summed E-state index contributed by atoms with van der Waals surface area (Å²) < 4.78 is 1.94. The van der Waals surface area contributed by atoms with Crippen LogP contribution < -0.4 is 10.9 Å². The second-order valence-electron chi connectivity index (χ2n) is 9.09. The molecule has 4 rings (SSSR count). The fourth-order valence-electron chi connectivity index (χ4n) is 4.75. The van der Waals surface area contributed by atoms with E-state index in [4.69, 9.17) is 0 Å². The number of aryl methyl sites for hydroxylation is 1. The summed E-state index contributed by atoms with van der Waals surface area (Å²) in [6, 6.07) is 9.73. The predicted molar refractivity (Wildman–Crippen MR) is 122 cm³/mol. The Kier molecular flexibility index (Phi) is 6.04. The van der Waals surface area contributed by atoms with Gasteiger partial charge in [0.25, 0.3) is 11.5 Å². The Balaban J connectivity index is 1.56. The first-order chi connectivity index (χ1) is 15.3. The van der Waals surface area contributed by atoms with Crippen LogP contribution in [0.2, 0.25) is 0 Å². The van der Waals surface area contributed by atoms with Gasteiger partial charge in [0.1, 0.15) is 11.4 Å². The van der Waals surface area contributed by atoms with E-state index in [1.807, 2.05) is 55.7 Å². The van der Waals surface area contributed by atoms with Gasteiger partial charge in [0.05, 0.1) is 0 Å². The zero-order chi connectivity index (χ0) is 22.9. The highest BCUT2D eigenvalue weighted by molar-refractivity contribution is 5.93. The molecule has 8 nitrogen and oxygen atoms in total. The summed E-state index contributed by atoms with van der Waals surface area (Å²) in [7, 11) is 0. The van der Waals surface area contributed by atoms with Gasteiger partial charge in [-0.3, -0.25) is 9.59 Å². The molecule has 0 radical (unpaired) electrons. The summed E-state index contributed by atoms with van der Waals surface area (Å²) in [4.78, 5) is 46.4. The maximum absolute atomic E-state index is 13.2. The minimum absolute atomic E-state index is 0.0710. The van der Waals surface area contributed by atoms with Crippen molar-refractivity contribution >= 4 is 11.9 Å². The predicted octanol–water partition coefficient (Wildman–Crippen LogP) is 2.37. The molecule has 1 fully saturated rings. The Labute approximate surface area is 188 Å². The quantitative estimate of drug-likeness (QED) is 0.778. The van der Waals surface area contributed by atoms with E-state index < -0.39 is 5.56 Å². The van der Waals surface area contributed by atoms with Crippen molar-refractivity contribution in [1.82, 2.24) is 24.7 Å². The van der Waals surface area contributed by atoms with Crippen LogP contribution in [-0.4, -0.2) is 57.0 Å². The van der Waals surface area contributed by atoms with Crippen molar-refractivity contribution in [2.75, 3.05) is 19.6 Å². The van der Waals surface area contributed by atoms with Gasteiger partial charge in [0.2, 0.25) is 0 Å². The standard InChI is InChI=1S/C24H31N5O3/c1-4-27(14-18-8-6-5-7-9-18)21(31)19-15-28-12-10-24(22(28)26-20(19)30)11-13-29(16-24)23(32)25-17(2)3/h5-9,15,17H,4,10-14,16H2,1-3H3,(H,25,32). The van der Waals surface area contributed by atoms with Gasteiger partial charge in [0, 0.05) is 50.4 Å². The molecule has 2 aromatic rings. The van der Waals surface area contributed by atoms with Crippen LogP contribution in [0, 0.1) is 0 Å². The molecule has 1 saturated heterocycles. The summed E-state index contributed by atoms with van der Waals surface area (Å²) >= 11 is 0. The molecule has 3 heterocycles. The third-order valence-electron chi connectivity index (χ3n) is 6.47. The molecule has 1 aromatic carbocycles. The number of hydrogen-bond donors (Lipinski definition) is 1. The number of aromatic nitrogens is 2. The fourth-order valence-corrected chi connectivity index (χ4v) is 4.75. The largest absolute Gasteiger partial charge is 0.336 e. The highest BCUT2D eigenvalue weighted by atomic mass is 16.2. The molecule has 3 amide bonds. The fraction of sp³-hybridized carbons (Fsp3) is 0.500. The molecule has 2 aliphatic heterocycles. The van der Waals surface area contributed by atoms with E-state index in [9.17, 15) is 14.4 Å². The van der Waals surface area contributed by atoms with Gasteiger partial charge in [-0.2, -0.15) is 4.98 Å². The van der Waals surface area contributed by atoms with Crippen LogP contribution in [0.4, 0.5) is 4.79 Å². The molecular weight excluding hydrogens is 406 g/mol. The van der Waals surface area contributed by atoms with E-state index in [1.54, 1.807) is 16.0 Å². The number of rotatable bonds is 5. The smallest absolute Gasteiger partial charge is 0.317 e. The molecular formula is C24H31N5O3. The maximum atomic E-state index is 13.2. The van der Waals surface area contributed by atoms with E-state index in [0.717, 1.165) is 18.4 Å². The van der Waals surface area contributed by atoms with Crippen LogP contribution in [-0.2, 0) is 18.5 Å². The van der Waals surface area contributed by atoms with Gasteiger partial charge in [-0.15, -0.1) is 0 Å². The number of urea groups is 1.